The molecular formula is C23H30N2O8. The van der Waals surface area contributed by atoms with Crippen molar-refractivity contribution in [3.63, 3.8) is 0 Å². The first-order chi connectivity index (χ1) is 15.7. The third kappa shape index (κ3) is 10.4. The van der Waals surface area contributed by atoms with Crippen LogP contribution in [0.5, 0.6) is 17.2 Å². The second kappa shape index (κ2) is 14.3. The molecule has 0 aliphatic rings. The zero-order valence-corrected chi connectivity index (χ0v) is 19.2. The maximum Gasteiger partial charge on any atom is 0.414 e. The molecule has 0 spiro atoms. The number of hydrogen-bond donors (Lipinski definition) is 3. The number of nitrogens with one attached hydrogen (secondary N) is 1. The second-order valence-corrected chi connectivity index (χ2v) is 6.88. The van der Waals surface area contributed by atoms with E-state index in [1.54, 1.807) is 21.3 Å². The third-order valence-electron chi connectivity index (χ3n) is 4.51. The molecule has 180 valence electrons. The normalized spacial score (nSPS) is 9.97. The number of likely N-dealkylation sites (N-methyl/N-ethyl adjacent to an activating group) is 1. The summed E-state index contributed by atoms with van der Waals surface area (Å²) < 4.78 is 15.7. The second-order valence-electron chi connectivity index (χ2n) is 6.88. The van der Waals surface area contributed by atoms with Crippen LogP contribution >= 0.6 is 0 Å². The molecule has 2 rings (SSSR count). The number of benzene rings is 2. The van der Waals surface area contributed by atoms with E-state index in [0.29, 0.717) is 13.0 Å². The van der Waals surface area contributed by atoms with Crippen LogP contribution in [0.15, 0.2) is 42.5 Å². The van der Waals surface area contributed by atoms with E-state index >= 15 is 0 Å². The minimum Gasteiger partial charge on any atom is -0.497 e. The highest BCUT2D eigenvalue weighted by molar-refractivity contribution is 6.27. The van der Waals surface area contributed by atoms with Gasteiger partial charge >= 0.3 is 11.9 Å². The number of hydrogen-bond acceptors (Lipinski definition) is 7. The van der Waals surface area contributed by atoms with Gasteiger partial charge in [0.2, 0.25) is 5.91 Å². The number of aliphatic carboxylic acids is 2. The van der Waals surface area contributed by atoms with Gasteiger partial charge in [-0.15, -0.1) is 0 Å². The number of carboxylic acids is 2. The summed E-state index contributed by atoms with van der Waals surface area (Å²) in [5.41, 5.74) is 1.94. The van der Waals surface area contributed by atoms with Crippen LogP contribution in [-0.4, -0.2) is 74.4 Å². The van der Waals surface area contributed by atoms with Crippen molar-refractivity contribution in [2.24, 2.45) is 0 Å². The Labute approximate surface area is 192 Å². The molecule has 0 radical (unpaired) electrons. The fourth-order valence-corrected chi connectivity index (χ4v) is 2.66. The lowest BCUT2D eigenvalue weighted by Crippen LogP contribution is -2.26. The molecule has 10 heteroatoms. The van der Waals surface area contributed by atoms with E-state index < -0.39 is 11.9 Å². The van der Waals surface area contributed by atoms with Crippen LogP contribution < -0.4 is 19.5 Å². The van der Waals surface area contributed by atoms with E-state index in [9.17, 15) is 4.79 Å². The first kappa shape index (κ1) is 27.2. The number of carboxylic acid groups (broad SMARTS) is 2. The number of nitrogens with zero attached hydrogens (tertiary/aromatic N) is 1. The number of methoxy groups -OCH3 is 3. The van der Waals surface area contributed by atoms with Gasteiger partial charge in [0.15, 0.2) is 11.5 Å². The molecule has 0 fully saturated rings. The predicted molar refractivity (Wildman–Crippen MR) is 122 cm³/mol. The largest absolute Gasteiger partial charge is 0.497 e. The lowest BCUT2D eigenvalue weighted by Gasteiger charge is -2.17. The molecule has 0 saturated heterocycles. The Morgan fingerprint density at radius 2 is 1.45 bits per heavy atom. The highest BCUT2D eigenvalue weighted by atomic mass is 16.5. The summed E-state index contributed by atoms with van der Waals surface area (Å²) in [4.78, 5) is 32.4. The molecule has 0 saturated carbocycles. The molecular weight excluding hydrogens is 432 g/mol. The third-order valence-corrected chi connectivity index (χ3v) is 4.51. The van der Waals surface area contributed by atoms with Gasteiger partial charge in [0.05, 0.1) is 21.3 Å². The molecule has 0 unspecified atom stereocenters. The SMILES string of the molecule is COc1ccc(NC(=O)CCN(C)CCc2ccc(OC)c(OC)c2)cc1.O=C(O)C(=O)O. The van der Waals surface area contributed by atoms with E-state index in [2.05, 4.69) is 10.2 Å². The number of rotatable bonds is 10. The van der Waals surface area contributed by atoms with Crippen LogP contribution in [0, 0.1) is 0 Å². The molecule has 0 aliphatic carbocycles. The Hall–Kier alpha value is -3.79. The molecule has 10 nitrogen and oxygen atoms in total. The quantitative estimate of drug-likeness (QED) is 0.455. The van der Waals surface area contributed by atoms with Crippen LogP contribution in [0.1, 0.15) is 12.0 Å². The summed E-state index contributed by atoms with van der Waals surface area (Å²) in [6.07, 6.45) is 1.31. The van der Waals surface area contributed by atoms with Crippen molar-refractivity contribution >= 4 is 23.5 Å². The van der Waals surface area contributed by atoms with Crippen molar-refractivity contribution in [2.45, 2.75) is 12.8 Å². The van der Waals surface area contributed by atoms with Gasteiger partial charge in [0.1, 0.15) is 5.75 Å². The number of amides is 1. The minimum atomic E-state index is -1.82. The summed E-state index contributed by atoms with van der Waals surface area (Å²) >= 11 is 0. The fourth-order valence-electron chi connectivity index (χ4n) is 2.66. The van der Waals surface area contributed by atoms with Crippen LogP contribution in [0.4, 0.5) is 5.69 Å². The van der Waals surface area contributed by atoms with Crippen molar-refractivity contribution in [3.8, 4) is 17.2 Å². The van der Waals surface area contributed by atoms with Gasteiger partial charge < -0.3 is 34.6 Å². The van der Waals surface area contributed by atoms with E-state index in [4.69, 9.17) is 34.0 Å². The van der Waals surface area contributed by atoms with E-state index in [-0.39, 0.29) is 5.91 Å². The van der Waals surface area contributed by atoms with Crippen molar-refractivity contribution < 1.29 is 38.8 Å². The summed E-state index contributed by atoms with van der Waals surface area (Å²) in [5, 5.41) is 17.7. The van der Waals surface area contributed by atoms with Gasteiger partial charge in [-0.1, -0.05) is 6.07 Å². The van der Waals surface area contributed by atoms with Gasteiger partial charge in [0.25, 0.3) is 0 Å². The first-order valence-electron chi connectivity index (χ1n) is 9.99. The summed E-state index contributed by atoms with van der Waals surface area (Å²) in [5.74, 6) is -1.42. The molecule has 2 aromatic rings. The summed E-state index contributed by atoms with van der Waals surface area (Å²) in [7, 11) is 6.89. The monoisotopic (exact) mass is 462 g/mol. The molecule has 0 heterocycles. The fraction of sp³-hybridized carbons (Fsp3) is 0.348. The maximum atomic E-state index is 12.1. The van der Waals surface area contributed by atoms with Crippen LogP contribution in [0.25, 0.3) is 0 Å². The van der Waals surface area contributed by atoms with Crippen LogP contribution in [-0.2, 0) is 20.8 Å². The molecule has 0 bridgehead atoms. The first-order valence-corrected chi connectivity index (χ1v) is 9.99. The number of carbonyl (C=O) groups excluding carboxylic acids is 1. The van der Waals surface area contributed by atoms with Gasteiger partial charge in [0, 0.05) is 25.2 Å². The van der Waals surface area contributed by atoms with Crippen molar-refractivity contribution in [3.05, 3.63) is 48.0 Å². The molecule has 33 heavy (non-hydrogen) atoms. The Balaban J connectivity index is 0.000000801. The average Bonchev–Trinajstić information content (AvgIpc) is 2.82. The molecule has 1 amide bonds. The lowest BCUT2D eigenvalue weighted by atomic mass is 10.1. The molecule has 3 N–H and O–H groups in total. The minimum absolute atomic E-state index is 0.00173. The molecule has 0 aliphatic heterocycles. The van der Waals surface area contributed by atoms with Crippen molar-refractivity contribution in [2.75, 3.05) is 46.8 Å². The smallest absolute Gasteiger partial charge is 0.414 e. The van der Waals surface area contributed by atoms with Gasteiger partial charge in [-0.3, -0.25) is 4.79 Å². The van der Waals surface area contributed by atoms with Gasteiger partial charge in [-0.05, 0) is 55.4 Å². The Kier molecular flexibility index (Phi) is 11.8. The molecule has 0 aromatic heterocycles. The lowest BCUT2D eigenvalue weighted by molar-refractivity contribution is -0.159. The highest BCUT2D eigenvalue weighted by Gasteiger charge is 2.08. The number of ether oxygens (including phenoxy) is 3. The van der Waals surface area contributed by atoms with Crippen molar-refractivity contribution in [1.82, 2.24) is 4.90 Å². The maximum absolute atomic E-state index is 12.1. The van der Waals surface area contributed by atoms with E-state index in [1.165, 1.54) is 5.56 Å². The van der Waals surface area contributed by atoms with E-state index in [0.717, 1.165) is 35.9 Å². The van der Waals surface area contributed by atoms with Crippen LogP contribution in [0.3, 0.4) is 0 Å². The number of carbonyl (C=O) groups is 3. The average molecular weight is 462 g/mol. The topological polar surface area (TPSA) is 135 Å². The highest BCUT2D eigenvalue weighted by Crippen LogP contribution is 2.27. The van der Waals surface area contributed by atoms with Crippen molar-refractivity contribution in [1.29, 1.82) is 0 Å². The molecule has 2 aromatic carbocycles. The Morgan fingerprint density at radius 3 is 1.97 bits per heavy atom. The molecule has 0 atom stereocenters. The summed E-state index contributed by atoms with van der Waals surface area (Å²) in [6, 6.07) is 13.2. The zero-order chi connectivity index (χ0) is 24.8. The zero-order valence-electron chi connectivity index (χ0n) is 19.2. The standard InChI is InChI=1S/C21H28N2O4.C2H2O4/c1-23(13-11-16-5-10-19(26-3)20(15-16)27-4)14-12-21(24)22-17-6-8-18(25-2)9-7-17;3-1(4)2(5)6/h5-10,15H,11-14H2,1-4H3,(H,22,24);(H,3,4)(H,5,6). The number of anilines is 1. The predicted octanol–water partition coefficient (Wildman–Crippen LogP) is 2.37. The summed E-state index contributed by atoms with van der Waals surface area (Å²) in [6.45, 7) is 1.54. The van der Waals surface area contributed by atoms with E-state index in [1.807, 2.05) is 49.5 Å². The van der Waals surface area contributed by atoms with Gasteiger partial charge in [-0.2, -0.15) is 0 Å². The Morgan fingerprint density at radius 1 is 0.848 bits per heavy atom. The Bertz CT molecular complexity index is 903. The van der Waals surface area contributed by atoms with Crippen LogP contribution in [0.2, 0.25) is 0 Å². The van der Waals surface area contributed by atoms with Gasteiger partial charge in [-0.25, -0.2) is 9.59 Å².